The summed E-state index contributed by atoms with van der Waals surface area (Å²) in [4.78, 5) is 0. The monoisotopic (exact) mass is 278 g/mol. The fourth-order valence-corrected chi connectivity index (χ4v) is 3.79. The van der Waals surface area contributed by atoms with Gasteiger partial charge in [0.15, 0.2) is 0 Å². The van der Waals surface area contributed by atoms with Crippen LogP contribution in [0.2, 0.25) is 0 Å². The van der Waals surface area contributed by atoms with Crippen LogP contribution in [0.3, 0.4) is 0 Å². The molecule has 0 bridgehead atoms. The van der Waals surface area contributed by atoms with Crippen molar-refractivity contribution >= 4 is 21.5 Å². The maximum absolute atomic E-state index is 10.6. The predicted molar refractivity (Wildman–Crippen MR) is 80.0 cm³/mol. The van der Waals surface area contributed by atoms with Crippen LogP contribution in [0.25, 0.3) is 21.5 Å². The van der Waals surface area contributed by atoms with Gasteiger partial charge in [0.1, 0.15) is 24.4 Å². The molecule has 5 rings (SSSR count). The van der Waals surface area contributed by atoms with Gasteiger partial charge in [-0.05, 0) is 32.7 Å². The van der Waals surface area contributed by atoms with E-state index in [1.807, 2.05) is 30.3 Å². The van der Waals surface area contributed by atoms with Crippen molar-refractivity contribution in [2.24, 2.45) is 0 Å². The summed E-state index contributed by atoms with van der Waals surface area (Å²) in [6.07, 6.45) is -2.09. The summed E-state index contributed by atoms with van der Waals surface area (Å²) in [5.41, 5.74) is 1.88. The fourth-order valence-electron chi connectivity index (χ4n) is 3.79. The Bertz CT molecular complexity index is 886. The fraction of sp³-hybridized carbons (Fsp3) is 0.222. The Labute approximate surface area is 121 Å². The molecule has 3 aromatic carbocycles. The van der Waals surface area contributed by atoms with Gasteiger partial charge in [0.2, 0.25) is 0 Å². The molecule has 2 N–H and O–H groups in total. The molecule has 3 nitrogen and oxygen atoms in total. The summed E-state index contributed by atoms with van der Waals surface area (Å²) in [6, 6.07) is 16.3. The van der Waals surface area contributed by atoms with E-state index in [1.165, 1.54) is 5.39 Å². The zero-order chi connectivity index (χ0) is 14.1. The summed E-state index contributed by atoms with van der Waals surface area (Å²) in [5, 5.41) is 25.1. The molecular weight excluding hydrogens is 264 g/mol. The smallest absolute Gasteiger partial charge is 0.118 e. The van der Waals surface area contributed by atoms with Crippen LogP contribution in [-0.2, 0) is 4.74 Å². The Morgan fingerprint density at radius 2 is 1.24 bits per heavy atom. The summed E-state index contributed by atoms with van der Waals surface area (Å²) in [7, 11) is 0. The molecule has 1 saturated heterocycles. The standard InChI is InChI=1S/C18H14O3/c19-15-13-11-7-3-1-5-9(11)10-6-2-4-8-12(10)14(13)17-18(21-17)16(15)20/h1-8,15-20H/t15-,16+,17-,18+/m0/s1. The van der Waals surface area contributed by atoms with E-state index < -0.39 is 12.2 Å². The average Bonchev–Trinajstić information content (AvgIpc) is 3.32. The molecule has 3 heteroatoms. The molecule has 0 spiro atoms. The molecule has 2 aliphatic rings. The van der Waals surface area contributed by atoms with Crippen molar-refractivity contribution in [2.75, 3.05) is 0 Å². The maximum atomic E-state index is 10.6. The molecule has 1 aliphatic heterocycles. The molecule has 0 radical (unpaired) electrons. The topological polar surface area (TPSA) is 53.0 Å². The second-order valence-electron chi connectivity index (χ2n) is 5.88. The van der Waals surface area contributed by atoms with Gasteiger partial charge in [-0.15, -0.1) is 0 Å². The van der Waals surface area contributed by atoms with Gasteiger partial charge in [-0.2, -0.15) is 0 Å². The molecule has 0 saturated carbocycles. The van der Waals surface area contributed by atoms with E-state index in [9.17, 15) is 10.2 Å². The third-order valence-electron chi connectivity index (χ3n) is 4.78. The molecule has 4 atom stereocenters. The molecule has 0 unspecified atom stereocenters. The lowest BCUT2D eigenvalue weighted by atomic mass is 9.81. The highest BCUT2D eigenvalue weighted by molar-refractivity contribution is 6.11. The van der Waals surface area contributed by atoms with E-state index in [4.69, 9.17) is 4.74 Å². The first kappa shape index (κ1) is 11.7. The zero-order valence-electron chi connectivity index (χ0n) is 11.2. The second-order valence-corrected chi connectivity index (χ2v) is 5.88. The van der Waals surface area contributed by atoms with E-state index in [0.29, 0.717) is 0 Å². The van der Waals surface area contributed by atoms with E-state index in [0.717, 1.165) is 27.3 Å². The highest BCUT2D eigenvalue weighted by Crippen LogP contribution is 2.54. The van der Waals surface area contributed by atoms with Crippen molar-refractivity contribution in [3.8, 4) is 0 Å². The number of rotatable bonds is 0. The van der Waals surface area contributed by atoms with Crippen LogP contribution in [-0.4, -0.2) is 22.4 Å². The van der Waals surface area contributed by atoms with Crippen molar-refractivity contribution in [2.45, 2.75) is 24.4 Å². The van der Waals surface area contributed by atoms with Gasteiger partial charge >= 0.3 is 0 Å². The molecule has 21 heavy (non-hydrogen) atoms. The normalized spacial score (nSPS) is 30.2. The Morgan fingerprint density at radius 1 is 0.714 bits per heavy atom. The van der Waals surface area contributed by atoms with E-state index in [-0.39, 0.29) is 12.2 Å². The average molecular weight is 278 g/mol. The lowest BCUT2D eigenvalue weighted by Crippen LogP contribution is -2.29. The van der Waals surface area contributed by atoms with Crippen molar-refractivity contribution in [1.29, 1.82) is 0 Å². The van der Waals surface area contributed by atoms with Crippen molar-refractivity contribution in [3.05, 3.63) is 59.7 Å². The summed E-state index contributed by atoms with van der Waals surface area (Å²) in [5.74, 6) is 0. The summed E-state index contributed by atoms with van der Waals surface area (Å²) in [6.45, 7) is 0. The van der Waals surface area contributed by atoms with Crippen molar-refractivity contribution in [1.82, 2.24) is 0 Å². The Hall–Kier alpha value is -1.94. The molecule has 0 aromatic heterocycles. The van der Waals surface area contributed by atoms with Gasteiger partial charge in [-0.1, -0.05) is 48.5 Å². The van der Waals surface area contributed by atoms with Crippen LogP contribution in [0.1, 0.15) is 23.3 Å². The van der Waals surface area contributed by atoms with Crippen LogP contribution >= 0.6 is 0 Å². The minimum absolute atomic E-state index is 0.0899. The number of hydrogen-bond donors (Lipinski definition) is 2. The Balaban J connectivity index is 2.03. The number of aliphatic hydroxyl groups excluding tert-OH is 2. The van der Waals surface area contributed by atoms with Crippen molar-refractivity contribution in [3.63, 3.8) is 0 Å². The number of fused-ring (bicyclic) bond motifs is 8. The lowest BCUT2D eigenvalue weighted by Gasteiger charge is -2.26. The highest BCUT2D eigenvalue weighted by atomic mass is 16.6. The van der Waals surface area contributed by atoms with Crippen LogP contribution in [0, 0.1) is 0 Å². The first-order valence-electron chi connectivity index (χ1n) is 7.22. The van der Waals surface area contributed by atoms with Gasteiger partial charge < -0.3 is 14.9 Å². The van der Waals surface area contributed by atoms with Crippen LogP contribution in [0.4, 0.5) is 0 Å². The molecule has 104 valence electrons. The van der Waals surface area contributed by atoms with E-state index in [1.54, 1.807) is 0 Å². The van der Waals surface area contributed by atoms with Gasteiger partial charge in [-0.3, -0.25) is 0 Å². The predicted octanol–water partition coefficient (Wildman–Crippen LogP) is 2.84. The zero-order valence-corrected chi connectivity index (χ0v) is 11.2. The Kier molecular flexibility index (Phi) is 2.13. The number of hydrogen-bond acceptors (Lipinski definition) is 3. The molecule has 1 heterocycles. The van der Waals surface area contributed by atoms with Gasteiger partial charge in [0.25, 0.3) is 0 Å². The molecule has 1 fully saturated rings. The SMILES string of the molecule is O[C@H]1[C@H]2O[C@H]2c2c(c3ccccc3c3ccccc23)[C@@H]1O. The summed E-state index contributed by atoms with van der Waals surface area (Å²) >= 11 is 0. The number of epoxide rings is 1. The van der Waals surface area contributed by atoms with Crippen LogP contribution in [0.15, 0.2) is 48.5 Å². The molecule has 3 aromatic rings. The summed E-state index contributed by atoms with van der Waals surface area (Å²) < 4.78 is 5.63. The number of ether oxygens (including phenoxy) is 1. The first-order chi connectivity index (χ1) is 10.3. The first-order valence-corrected chi connectivity index (χ1v) is 7.22. The van der Waals surface area contributed by atoms with Crippen molar-refractivity contribution < 1.29 is 14.9 Å². The quantitative estimate of drug-likeness (QED) is 0.491. The largest absolute Gasteiger partial charge is 0.387 e. The van der Waals surface area contributed by atoms with Gasteiger partial charge in [0, 0.05) is 0 Å². The molecule has 0 amide bonds. The highest BCUT2D eigenvalue weighted by Gasteiger charge is 2.54. The minimum atomic E-state index is -0.891. The second kappa shape index (κ2) is 3.83. The van der Waals surface area contributed by atoms with E-state index >= 15 is 0 Å². The van der Waals surface area contributed by atoms with Crippen LogP contribution in [0.5, 0.6) is 0 Å². The Morgan fingerprint density at radius 3 is 1.86 bits per heavy atom. The van der Waals surface area contributed by atoms with E-state index in [2.05, 4.69) is 18.2 Å². The third kappa shape index (κ3) is 1.38. The molecular formula is C18H14O3. The minimum Gasteiger partial charge on any atom is -0.387 e. The number of aliphatic hydroxyl groups is 2. The van der Waals surface area contributed by atoms with Crippen LogP contribution < -0.4 is 0 Å². The number of benzene rings is 3. The van der Waals surface area contributed by atoms with Gasteiger partial charge in [-0.25, -0.2) is 0 Å². The third-order valence-corrected chi connectivity index (χ3v) is 4.78. The van der Waals surface area contributed by atoms with Gasteiger partial charge in [0.05, 0.1) is 0 Å². The maximum Gasteiger partial charge on any atom is 0.118 e. The lowest BCUT2D eigenvalue weighted by molar-refractivity contribution is 0.000927. The molecule has 1 aliphatic carbocycles.